The predicted molar refractivity (Wildman–Crippen MR) is 82.8 cm³/mol. The largest absolute Gasteiger partial charge is 0.376 e. The zero-order chi connectivity index (χ0) is 14.7. The molecule has 0 bridgehead atoms. The van der Waals surface area contributed by atoms with Crippen molar-refractivity contribution in [3.05, 3.63) is 33.8 Å². The third kappa shape index (κ3) is 3.88. The second kappa shape index (κ2) is 6.96. The van der Waals surface area contributed by atoms with Crippen LogP contribution in [0.2, 0.25) is 10.0 Å². The Hall–Kier alpha value is -0.820. The Bertz CT molecular complexity index is 616. The number of rotatable bonds is 5. The maximum absolute atomic E-state index is 6.02. The molecule has 0 amide bonds. The Morgan fingerprint density at radius 2 is 2.24 bits per heavy atom. The van der Waals surface area contributed by atoms with Crippen molar-refractivity contribution in [1.82, 2.24) is 20.2 Å². The Labute approximate surface area is 136 Å². The molecule has 2 heterocycles. The lowest BCUT2D eigenvalue weighted by atomic mass is 10.2. The first-order valence-corrected chi connectivity index (χ1v) is 8.41. The number of hydrogen-bond donors (Lipinski definition) is 0. The van der Waals surface area contributed by atoms with Crippen molar-refractivity contribution in [1.29, 1.82) is 0 Å². The van der Waals surface area contributed by atoms with Gasteiger partial charge in [0, 0.05) is 12.4 Å². The van der Waals surface area contributed by atoms with Crippen LogP contribution < -0.4 is 0 Å². The van der Waals surface area contributed by atoms with Crippen LogP contribution in [0.3, 0.4) is 0 Å². The van der Waals surface area contributed by atoms with Crippen LogP contribution in [0.1, 0.15) is 18.4 Å². The molecule has 112 valence electrons. The summed E-state index contributed by atoms with van der Waals surface area (Å²) >= 11 is 13.5. The van der Waals surface area contributed by atoms with E-state index in [2.05, 4.69) is 15.5 Å². The first-order chi connectivity index (χ1) is 10.2. The number of hydrogen-bond acceptors (Lipinski definition) is 5. The fraction of sp³-hybridized carbons (Fsp3) is 0.462. The Kier molecular flexibility index (Phi) is 5.00. The van der Waals surface area contributed by atoms with E-state index in [9.17, 15) is 0 Å². The molecular weight excluding hydrogens is 331 g/mol. The van der Waals surface area contributed by atoms with Crippen molar-refractivity contribution in [3.63, 3.8) is 0 Å². The van der Waals surface area contributed by atoms with E-state index in [0.29, 0.717) is 16.6 Å². The first-order valence-electron chi connectivity index (χ1n) is 6.67. The van der Waals surface area contributed by atoms with E-state index >= 15 is 0 Å². The van der Waals surface area contributed by atoms with Gasteiger partial charge in [-0.1, -0.05) is 41.0 Å². The summed E-state index contributed by atoms with van der Waals surface area (Å²) in [7, 11) is 0. The van der Waals surface area contributed by atoms with Crippen LogP contribution in [0.25, 0.3) is 0 Å². The van der Waals surface area contributed by atoms with Gasteiger partial charge in [-0.15, -0.1) is 5.10 Å². The minimum atomic E-state index is 0.220. The molecular formula is C13H14Cl2N4OS. The molecule has 5 nitrogen and oxygen atoms in total. The number of ether oxygens (including phenoxy) is 1. The summed E-state index contributed by atoms with van der Waals surface area (Å²) in [5.74, 6) is 0.739. The molecule has 1 aliphatic heterocycles. The van der Waals surface area contributed by atoms with Gasteiger partial charge in [-0.25, -0.2) is 4.68 Å². The highest BCUT2D eigenvalue weighted by Crippen LogP contribution is 2.27. The summed E-state index contributed by atoms with van der Waals surface area (Å²) in [6.45, 7) is 1.54. The van der Waals surface area contributed by atoms with Gasteiger partial charge in [0.05, 0.1) is 22.7 Å². The Morgan fingerprint density at radius 3 is 3.00 bits per heavy atom. The van der Waals surface area contributed by atoms with Crippen LogP contribution >= 0.6 is 35.0 Å². The maximum Gasteiger partial charge on any atom is 0.209 e. The summed E-state index contributed by atoms with van der Waals surface area (Å²) in [6, 6.07) is 5.62. The van der Waals surface area contributed by atoms with Crippen molar-refractivity contribution in [2.75, 3.05) is 6.61 Å². The number of thioether (sulfide) groups is 1. The van der Waals surface area contributed by atoms with E-state index < -0.39 is 0 Å². The van der Waals surface area contributed by atoms with Gasteiger partial charge >= 0.3 is 0 Å². The first kappa shape index (κ1) is 15.1. The lowest BCUT2D eigenvalue weighted by molar-refractivity contribution is 0.0912. The lowest BCUT2D eigenvalue weighted by Gasteiger charge is -2.10. The molecule has 1 aromatic heterocycles. The molecule has 1 unspecified atom stereocenters. The monoisotopic (exact) mass is 344 g/mol. The van der Waals surface area contributed by atoms with Crippen molar-refractivity contribution in [2.45, 2.75) is 36.4 Å². The average Bonchev–Trinajstić information content (AvgIpc) is 3.13. The zero-order valence-corrected chi connectivity index (χ0v) is 13.5. The summed E-state index contributed by atoms with van der Waals surface area (Å²) in [5.41, 5.74) is 1.08. The number of benzene rings is 1. The van der Waals surface area contributed by atoms with Crippen molar-refractivity contribution in [3.8, 4) is 0 Å². The maximum atomic E-state index is 6.02. The Morgan fingerprint density at radius 1 is 1.33 bits per heavy atom. The molecule has 0 spiro atoms. The van der Waals surface area contributed by atoms with Gasteiger partial charge in [0.1, 0.15) is 0 Å². The van der Waals surface area contributed by atoms with Crippen molar-refractivity contribution < 1.29 is 4.74 Å². The standard InChI is InChI=1S/C13H14Cl2N4OS/c14-11-4-3-9(6-12(11)15)8-21-13-16-17-18-19(13)7-10-2-1-5-20-10/h3-4,6,10H,1-2,5,7-8H2. The summed E-state index contributed by atoms with van der Waals surface area (Å²) in [5, 5.41) is 13.8. The summed E-state index contributed by atoms with van der Waals surface area (Å²) < 4.78 is 7.42. The third-order valence-corrected chi connectivity index (χ3v) is 5.02. The van der Waals surface area contributed by atoms with Gasteiger partial charge in [-0.05, 0) is 41.0 Å². The lowest BCUT2D eigenvalue weighted by Crippen LogP contribution is -2.16. The molecule has 3 rings (SSSR count). The topological polar surface area (TPSA) is 52.8 Å². The number of aromatic nitrogens is 4. The highest BCUT2D eigenvalue weighted by molar-refractivity contribution is 7.98. The van der Waals surface area contributed by atoms with E-state index in [0.717, 1.165) is 35.9 Å². The molecule has 0 aliphatic carbocycles. The normalized spacial score (nSPS) is 18.3. The van der Waals surface area contributed by atoms with Crippen molar-refractivity contribution in [2.24, 2.45) is 0 Å². The quantitative estimate of drug-likeness (QED) is 0.777. The molecule has 0 saturated carbocycles. The zero-order valence-electron chi connectivity index (χ0n) is 11.2. The highest BCUT2D eigenvalue weighted by Gasteiger charge is 2.18. The van der Waals surface area contributed by atoms with E-state index in [1.54, 1.807) is 22.5 Å². The van der Waals surface area contributed by atoms with E-state index in [1.165, 1.54) is 0 Å². The molecule has 1 aromatic carbocycles. The number of nitrogens with zero attached hydrogens (tertiary/aromatic N) is 4. The van der Waals surface area contributed by atoms with Gasteiger partial charge in [0.15, 0.2) is 0 Å². The van der Waals surface area contributed by atoms with E-state index in [1.807, 2.05) is 12.1 Å². The Balaban J connectivity index is 1.62. The van der Waals surface area contributed by atoms with Crippen LogP contribution in [0.4, 0.5) is 0 Å². The molecule has 0 radical (unpaired) electrons. The van der Waals surface area contributed by atoms with Crippen LogP contribution in [0, 0.1) is 0 Å². The summed E-state index contributed by atoms with van der Waals surface area (Å²) in [6.07, 6.45) is 2.40. The molecule has 1 fully saturated rings. The molecule has 8 heteroatoms. The van der Waals surface area contributed by atoms with Gasteiger partial charge in [-0.3, -0.25) is 0 Å². The minimum absolute atomic E-state index is 0.220. The van der Waals surface area contributed by atoms with Crippen LogP contribution in [-0.2, 0) is 17.0 Å². The molecule has 21 heavy (non-hydrogen) atoms. The smallest absolute Gasteiger partial charge is 0.209 e. The van der Waals surface area contributed by atoms with Gasteiger partial charge in [0.25, 0.3) is 0 Å². The van der Waals surface area contributed by atoms with Crippen LogP contribution in [0.5, 0.6) is 0 Å². The van der Waals surface area contributed by atoms with Crippen LogP contribution in [-0.4, -0.2) is 32.9 Å². The van der Waals surface area contributed by atoms with E-state index in [4.69, 9.17) is 27.9 Å². The van der Waals surface area contributed by atoms with Gasteiger partial charge in [0.2, 0.25) is 5.16 Å². The molecule has 0 N–H and O–H groups in total. The number of halogens is 2. The highest BCUT2D eigenvalue weighted by atomic mass is 35.5. The summed E-state index contributed by atoms with van der Waals surface area (Å²) in [4.78, 5) is 0. The fourth-order valence-electron chi connectivity index (χ4n) is 2.17. The minimum Gasteiger partial charge on any atom is -0.376 e. The van der Waals surface area contributed by atoms with E-state index in [-0.39, 0.29) is 6.10 Å². The third-order valence-electron chi connectivity index (χ3n) is 3.25. The SMILES string of the molecule is Clc1ccc(CSc2nnnn2CC2CCCO2)cc1Cl. The number of tetrazole rings is 1. The second-order valence-corrected chi connectivity index (χ2v) is 6.57. The fourth-order valence-corrected chi connectivity index (χ4v) is 3.32. The second-order valence-electron chi connectivity index (χ2n) is 4.82. The average molecular weight is 345 g/mol. The molecule has 1 aliphatic rings. The van der Waals surface area contributed by atoms with Gasteiger partial charge < -0.3 is 4.74 Å². The molecule has 2 aromatic rings. The predicted octanol–water partition coefficient (Wildman–Crippen LogP) is 3.45. The molecule has 1 atom stereocenters. The van der Waals surface area contributed by atoms with Crippen LogP contribution in [0.15, 0.2) is 23.4 Å². The van der Waals surface area contributed by atoms with Crippen molar-refractivity contribution >= 4 is 35.0 Å². The van der Waals surface area contributed by atoms with Gasteiger partial charge in [-0.2, -0.15) is 0 Å². The molecule has 1 saturated heterocycles.